The van der Waals surface area contributed by atoms with Gasteiger partial charge < -0.3 is 4.74 Å². The molecule has 3 heteroatoms. The lowest BCUT2D eigenvalue weighted by Crippen LogP contribution is -2.04. The highest BCUT2D eigenvalue weighted by atomic mass is 32.2. The number of thioether (sulfide) groups is 1. The van der Waals surface area contributed by atoms with Crippen LogP contribution in [0.3, 0.4) is 0 Å². The van der Waals surface area contributed by atoms with Gasteiger partial charge >= 0.3 is 0 Å². The Balaban J connectivity index is 2.37. The molecule has 0 aromatic carbocycles. The van der Waals surface area contributed by atoms with Gasteiger partial charge in [0.05, 0.1) is 6.54 Å². The summed E-state index contributed by atoms with van der Waals surface area (Å²) < 4.78 is 5.22. The Labute approximate surface area is 53.3 Å². The minimum atomic E-state index is 0.303. The first kappa shape index (κ1) is 5.95. The third-order valence-electron chi connectivity index (χ3n) is 0.954. The van der Waals surface area contributed by atoms with Gasteiger partial charge in [0.1, 0.15) is 6.10 Å². The Morgan fingerprint density at radius 2 is 2.62 bits per heavy atom. The molecule has 0 bridgehead atoms. The van der Waals surface area contributed by atoms with Crippen molar-refractivity contribution in [3.8, 4) is 0 Å². The topological polar surface area (TPSA) is 21.6 Å². The lowest BCUT2D eigenvalue weighted by atomic mass is 10.4. The average Bonchev–Trinajstić information content (AvgIpc) is 2.14. The molecule has 1 aliphatic rings. The number of hydrogen-bond donors (Lipinski definition) is 0. The van der Waals surface area contributed by atoms with E-state index in [4.69, 9.17) is 4.74 Å². The van der Waals surface area contributed by atoms with Crippen molar-refractivity contribution in [2.45, 2.75) is 13.0 Å². The molecular formula is C5H9NOS. The summed E-state index contributed by atoms with van der Waals surface area (Å²) in [6.07, 6.45) is 2.27. The van der Waals surface area contributed by atoms with Gasteiger partial charge in [-0.15, -0.1) is 0 Å². The first-order valence-corrected chi connectivity index (χ1v) is 3.80. The first-order valence-electron chi connectivity index (χ1n) is 2.58. The normalized spacial score (nSPS) is 27.2. The van der Waals surface area contributed by atoms with Gasteiger partial charge in [0.15, 0.2) is 0 Å². The molecule has 1 heterocycles. The van der Waals surface area contributed by atoms with Gasteiger partial charge in [-0.3, -0.25) is 0 Å². The van der Waals surface area contributed by atoms with Gasteiger partial charge in [-0.05, 0) is 13.2 Å². The van der Waals surface area contributed by atoms with Crippen molar-refractivity contribution < 1.29 is 4.74 Å². The minimum absolute atomic E-state index is 0.303. The van der Waals surface area contributed by atoms with Crippen LogP contribution < -0.4 is 0 Å². The quantitative estimate of drug-likeness (QED) is 0.491. The Morgan fingerprint density at radius 3 is 2.88 bits per heavy atom. The molecule has 1 atom stereocenters. The highest BCUT2D eigenvalue weighted by molar-refractivity contribution is 8.12. The van der Waals surface area contributed by atoms with Crippen molar-refractivity contribution >= 4 is 17.0 Å². The van der Waals surface area contributed by atoms with Gasteiger partial charge in [0.25, 0.3) is 0 Å². The van der Waals surface area contributed by atoms with Crippen LogP contribution >= 0.6 is 11.8 Å². The predicted octanol–water partition coefficient (Wildman–Crippen LogP) is 1.12. The lowest BCUT2D eigenvalue weighted by molar-refractivity contribution is 0.252. The summed E-state index contributed by atoms with van der Waals surface area (Å²) in [5.41, 5.74) is 0. The number of nitrogens with zero attached hydrogens (tertiary/aromatic N) is 1. The molecule has 0 aromatic heterocycles. The monoisotopic (exact) mass is 131 g/mol. The summed E-state index contributed by atoms with van der Waals surface area (Å²) in [7, 11) is 0. The fourth-order valence-corrected chi connectivity index (χ4v) is 1.03. The van der Waals surface area contributed by atoms with E-state index in [1.54, 1.807) is 11.8 Å². The van der Waals surface area contributed by atoms with Gasteiger partial charge in [0.2, 0.25) is 5.23 Å². The third kappa shape index (κ3) is 1.15. The molecule has 0 fully saturated rings. The maximum atomic E-state index is 5.22. The molecule has 2 nitrogen and oxygen atoms in total. The Bertz CT molecular complexity index is 113. The minimum Gasteiger partial charge on any atom is -0.468 e. The van der Waals surface area contributed by atoms with E-state index in [-0.39, 0.29) is 0 Å². The molecule has 46 valence electrons. The van der Waals surface area contributed by atoms with E-state index in [2.05, 4.69) is 4.99 Å². The van der Waals surface area contributed by atoms with Crippen molar-refractivity contribution in [3.63, 3.8) is 0 Å². The maximum absolute atomic E-state index is 5.22. The maximum Gasteiger partial charge on any atom is 0.245 e. The molecule has 0 unspecified atom stereocenters. The van der Waals surface area contributed by atoms with Gasteiger partial charge in [-0.25, -0.2) is 4.99 Å². The molecule has 0 saturated heterocycles. The number of ether oxygens (including phenoxy) is 1. The second-order valence-corrected chi connectivity index (χ2v) is 2.50. The summed E-state index contributed by atoms with van der Waals surface area (Å²) in [5, 5.41) is 0.831. The van der Waals surface area contributed by atoms with E-state index in [1.807, 2.05) is 13.2 Å². The Morgan fingerprint density at radius 1 is 1.88 bits per heavy atom. The Kier molecular flexibility index (Phi) is 1.78. The molecule has 0 spiro atoms. The Hall–Kier alpha value is -0.180. The fraction of sp³-hybridized carbons (Fsp3) is 0.800. The van der Waals surface area contributed by atoms with E-state index < -0.39 is 0 Å². The molecular weight excluding hydrogens is 122 g/mol. The molecule has 0 radical (unpaired) electrons. The smallest absolute Gasteiger partial charge is 0.245 e. The van der Waals surface area contributed by atoms with Crippen LogP contribution in [0.1, 0.15) is 6.92 Å². The van der Waals surface area contributed by atoms with Crippen LogP contribution in [0, 0.1) is 0 Å². The van der Waals surface area contributed by atoms with Crippen molar-refractivity contribution in [3.05, 3.63) is 0 Å². The van der Waals surface area contributed by atoms with Crippen LogP contribution in [0.15, 0.2) is 4.99 Å². The van der Waals surface area contributed by atoms with E-state index in [1.165, 1.54) is 0 Å². The fourth-order valence-electron chi connectivity index (χ4n) is 0.562. The van der Waals surface area contributed by atoms with Gasteiger partial charge in [-0.2, -0.15) is 0 Å². The van der Waals surface area contributed by atoms with Crippen LogP contribution in [0.25, 0.3) is 0 Å². The summed E-state index contributed by atoms with van der Waals surface area (Å²) in [4.78, 5) is 4.09. The molecule has 8 heavy (non-hydrogen) atoms. The molecule has 0 N–H and O–H groups in total. The third-order valence-corrected chi connectivity index (χ3v) is 1.53. The van der Waals surface area contributed by atoms with E-state index in [0.29, 0.717) is 6.10 Å². The highest BCUT2D eigenvalue weighted by Crippen LogP contribution is 2.10. The molecule has 0 amide bonds. The first-order chi connectivity index (χ1) is 3.83. The van der Waals surface area contributed by atoms with Crippen LogP contribution in [0.5, 0.6) is 0 Å². The standard InChI is InChI=1S/C5H9NOS/c1-4-3-6-5(7-4)8-2/h4H,3H2,1-2H3/t4-/m1/s1. The summed E-state index contributed by atoms with van der Waals surface area (Å²) in [6, 6.07) is 0. The summed E-state index contributed by atoms with van der Waals surface area (Å²) >= 11 is 1.56. The molecule has 1 rings (SSSR count). The molecule has 0 saturated carbocycles. The average molecular weight is 131 g/mol. The van der Waals surface area contributed by atoms with Gasteiger partial charge in [0, 0.05) is 0 Å². The molecule has 0 aliphatic carbocycles. The zero-order chi connectivity index (χ0) is 5.98. The van der Waals surface area contributed by atoms with Crippen molar-refractivity contribution in [1.29, 1.82) is 0 Å². The van der Waals surface area contributed by atoms with Crippen LogP contribution in [-0.2, 0) is 4.74 Å². The van der Waals surface area contributed by atoms with Crippen LogP contribution in [0.2, 0.25) is 0 Å². The molecule has 1 aliphatic heterocycles. The number of aliphatic imine (C=N–C) groups is 1. The SMILES string of the molecule is CSC1=NC[C@@H](C)O1. The lowest BCUT2D eigenvalue weighted by Gasteiger charge is -2.00. The van der Waals surface area contributed by atoms with Crippen molar-refractivity contribution in [2.75, 3.05) is 12.8 Å². The van der Waals surface area contributed by atoms with Crippen LogP contribution in [-0.4, -0.2) is 24.1 Å². The largest absolute Gasteiger partial charge is 0.468 e. The van der Waals surface area contributed by atoms with Gasteiger partial charge in [-0.1, -0.05) is 11.8 Å². The van der Waals surface area contributed by atoms with E-state index >= 15 is 0 Å². The zero-order valence-corrected chi connectivity index (χ0v) is 5.86. The van der Waals surface area contributed by atoms with E-state index in [9.17, 15) is 0 Å². The predicted molar refractivity (Wildman–Crippen MR) is 36.4 cm³/mol. The highest BCUT2D eigenvalue weighted by Gasteiger charge is 2.12. The molecule has 0 aromatic rings. The second-order valence-electron chi connectivity index (χ2n) is 1.74. The van der Waals surface area contributed by atoms with Crippen molar-refractivity contribution in [1.82, 2.24) is 0 Å². The summed E-state index contributed by atoms with van der Waals surface area (Å²) in [5.74, 6) is 0. The van der Waals surface area contributed by atoms with Crippen LogP contribution in [0.4, 0.5) is 0 Å². The number of hydrogen-bond acceptors (Lipinski definition) is 3. The number of rotatable bonds is 0. The zero-order valence-electron chi connectivity index (χ0n) is 5.05. The van der Waals surface area contributed by atoms with E-state index in [0.717, 1.165) is 11.8 Å². The summed E-state index contributed by atoms with van der Waals surface area (Å²) in [6.45, 7) is 2.85. The van der Waals surface area contributed by atoms with Crippen molar-refractivity contribution in [2.24, 2.45) is 4.99 Å². The second kappa shape index (κ2) is 2.40.